The molecule has 0 spiro atoms. The van der Waals surface area contributed by atoms with Crippen molar-refractivity contribution in [3.8, 4) is 11.5 Å². The van der Waals surface area contributed by atoms with Gasteiger partial charge in [-0.3, -0.25) is 0 Å². The Hall–Kier alpha value is -2.84. The Morgan fingerprint density at radius 3 is 1.61 bits per heavy atom. The first-order chi connectivity index (χ1) is 19.6. The van der Waals surface area contributed by atoms with Crippen molar-refractivity contribution in [2.75, 3.05) is 0 Å². The van der Waals surface area contributed by atoms with Crippen LogP contribution >= 0.6 is 31.9 Å². The number of halogens is 2. The molecule has 0 unspecified atom stereocenters. The molecule has 1 aliphatic rings. The lowest BCUT2D eigenvalue weighted by Crippen LogP contribution is -2.35. The molecule has 8 heteroatoms. The standard InChI is InChI=1S/C33H36Br2O6/c1-5-10-18-16-20(12-7-3)29(36)27(34)24(18)33(26-22(31(38)39)14-9-15-23(26)32(40)41-33)25-19(11-6-2)17-21(13-8-4)30(37)28(25)35/h9,14-17,36-37H,5-8,10-13H2,1-4H3,(H,38,39). The molecule has 6 nitrogen and oxygen atoms in total. The van der Waals surface area contributed by atoms with Crippen LogP contribution in [0.2, 0.25) is 0 Å². The van der Waals surface area contributed by atoms with Crippen LogP contribution in [0.25, 0.3) is 0 Å². The van der Waals surface area contributed by atoms with Gasteiger partial charge < -0.3 is 20.1 Å². The molecular formula is C33H36Br2O6. The van der Waals surface area contributed by atoms with E-state index in [1.165, 1.54) is 12.1 Å². The number of benzene rings is 3. The average Bonchev–Trinajstić information content (AvgIpc) is 3.23. The number of carboxylic acids is 1. The van der Waals surface area contributed by atoms with Crippen LogP contribution in [0.5, 0.6) is 11.5 Å². The summed E-state index contributed by atoms with van der Waals surface area (Å²) < 4.78 is 7.14. The normalized spacial score (nSPS) is 13.8. The number of phenols is 2. The molecule has 0 saturated heterocycles. The molecular weight excluding hydrogens is 652 g/mol. The summed E-state index contributed by atoms with van der Waals surface area (Å²) in [5.41, 5.74) is 2.60. The molecule has 4 rings (SSSR count). The summed E-state index contributed by atoms with van der Waals surface area (Å²) in [6.07, 6.45) is 5.62. The van der Waals surface area contributed by atoms with Gasteiger partial charge in [0.15, 0.2) is 5.60 Å². The lowest BCUT2D eigenvalue weighted by atomic mass is 9.72. The number of aryl methyl sites for hydroxylation is 4. The summed E-state index contributed by atoms with van der Waals surface area (Å²) in [6, 6.07) is 8.46. The number of cyclic esters (lactones) is 1. The summed E-state index contributed by atoms with van der Waals surface area (Å²) in [7, 11) is 0. The van der Waals surface area contributed by atoms with Gasteiger partial charge in [-0.25, -0.2) is 9.59 Å². The van der Waals surface area contributed by atoms with E-state index in [-0.39, 0.29) is 28.2 Å². The van der Waals surface area contributed by atoms with Crippen LogP contribution in [0, 0.1) is 0 Å². The van der Waals surface area contributed by atoms with Crippen molar-refractivity contribution in [2.24, 2.45) is 0 Å². The van der Waals surface area contributed by atoms with Crippen molar-refractivity contribution >= 4 is 43.8 Å². The first kappa shape index (κ1) is 31.1. The third kappa shape index (κ3) is 5.18. The molecule has 0 aromatic heterocycles. The maximum Gasteiger partial charge on any atom is 0.340 e. The van der Waals surface area contributed by atoms with Gasteiger partial charge in [-0.2, -0.15) is 0 Å². The Labute approximate surface area is 258 Å². The third-order valence-corrected chi connectivity index (χ3v) is 9.24. The lowest BCUT2D eigenvalue weighted by Gasteiger charge is -2.37. The molecule has 3 N–H and O–H groups in total. The Kier molecular flexibility index (Phi) is 9.54. The molecule has 3 aromatic carbocycles. The van der Waals surface area contributed by atoms with Gasteiger partial charge in [-0.15, -0.1) is 0 Å². The Balaban J connectivity index is 2.31. The quantitative estimate of drug-likeness (QED) is 0.175. The van der Waals surface area contributed by atoms with E-state index in [4.69, 9.17) is 4.74 Å². The maximum atomic E-state index is 13.7. The molecule has 3 aromatic rings. The fraction of sp³-hybridized carbons (Fsp3) is 0.394. The summed E-state index contributed by atoms with van der Waals surface area (Å²) in [5.74, 6) is -1.82. The second-order valence-electron chi connectivity index (χ2n) is 10.6. The third-order valence-electron chi connectivity index (χ3n) is 7.70. The molecule has 0 aliphatic carbocycles. The highest BCUT2D eigenvalue weighted by molar-refractivity contribution is 9.11. The zero-order chi connectivity index (χ0) is 30.1. The van der Waals surface area contributed by atoms with Gasteiger partial charge in [0.1, 0.15) is 11.5 Å². The number of aromatic hydroxyl groups is 2. The molecule has 1 aliphatic heterocycles. The van der Waals surface area contributed by atoms with Gasteiger partial charge in [0.25, 0.3) is 0 Å². The number of aromatic carboxylic acids is 1. The molecule has 1 heterocycles. The fourth-order valence-corrected chi connectivity index (χ4v) is 7.70. The fourth-order valence-electron chi connectivity index (χ4n) is 6.12. The number of carbonyl (C=O) groups excluding carboxylic acids is 1. The van der Waals surface area contributed by atoms with E-state index >= 15 is 0 Å². The number of hydrogen-bond acceptors (Lipinski definition) is 5. The van der Waals surface area contributed by atoms with E-state index in [9.17, 15) is 24.9 Å². The van der Waals surface area contributed by atoms with Gasteiger partial charge in [-0.05, 0) is 91.9 Å². The minimum atomic E-state index is -1.77. The molecule has 0 saturated carbocycles. The highest BCUT2D eigenvalue weighted by Gasteiger charge is 2.55. The second kappa shape index (κ2) is 12.6. The summed E-state index contributed by atoms with van der Waals surface area (Å²) in [5, 5.41) is 33.3. The number of fused-ring (bicyclic) bond motifs is 1. The second-order valence-corrected chi connectivity index (χ2v) is 12.2. The number of rotatable bonds is 11. The molecule has 0 fully saturated rings. The zero-order valence-corrected chi connectivity index (χ0v) is 27.0. The van der Waals surface area contributed by atoms with Crippen molar-refractivity contribution in [3.63, 3.8) is 0 Å². The average molecular weight is 688 g/mol. The Morgan fingerprint density at radius 2 is 1.20 bits per heavy atom. The van der Waals surface area contributed by atoms with E-state index in [2.05, 4.69) is 31.9 Å². The van der Waals surface area contributed by atoms with Crippen molar-refractivity contribution in [2.45, 2.75) is 84.7 Å². The highest BCUT2D eigenvalue weighted by atomic mass is 79.9. The zero-order valence-electron chi connectivity index (χ0n) is 23.9. The number of carboxylic acid groups (broad SMARTS) is 1. The number of carbonyl (C=O) groups is 2. The number of phenolic OH excluding ortho intramolecular Hbond substituents is 2. The van der Waals surface area contributed by atoms with E-state index in [0.29, 0.717) is 45.8 Å². The number of hydrogen-bond donors (Lipinski definition) is 3. The Morgan fingerprint density at radius 1 is 0.756 bits per heavy atom. The van der Waals surface area contributed by atoms with Gasteiger partial charge in [0.2, 0.25) is 0 Å². The smallest absolute Gasteiger partial charge is 0.340 e. The summed E-state index contributed by atoms with van der Waals surface area (Å²) in [6.45, 7) is 8.14. The van der Waals surface area contributed by atoms with Crippen LogP contribution in [-0.4, -0.2) is 27.3 Å². The molecule has 0 amide bonds. The largest absolute Gasteiger partial charge is 0.506 e. The predicted octanol–water partition coefficient (Wildman–Crippen LogP) is 8.59. The number of esters is 1. The van der Waals surface area contributed by atoms with Crippen LogP contribution in [0.15, 0.2) is 39.3 Å². The van der Waals surface area contributed by atoms with E-state index in [1.54, 1.807) is 6.07 Å². The van der Waals surface area contributed by atoms with Crippen LogP contribution in [0.4, 0.5) is 0 Å². The first-order valence-corrected chi connectivity index (χ1v) is 15.8. The lowest BCUT2D eigenvalue weighted by molar-refractivity contribution is 0.0235. The topological polar surface area (TPSA) is 104 Å². The van der Waals surface area contributed by atoms with Crippen molar-refractivity contribution in [1.29, 1.82) is 0 Å². The minimum absolute atomic E-state index is 0.0263. The SMILES string of the molecule is CCCc1cc(CCC)c(C2(c3c(CCC)cc(CCC)c(O)c3Br)OC(=O)c3cccc(C(=O)O)c32)c(Br)c1O. The summed E-state index contributed by atoms with van der Waals surface area (Å²) in [4.78, 5) is 26.4. The molecule has 0 atom stereocenters. The van der Waals surface area contributed by atoms with Crippen LogP contribution < -0.4 is 0 Å². The van der Waals surface area contributed by atoms with Gasteiger partial charge in [-0.1, -0.05) is 71.6 Å². The monoisotopic (exact) mass is 686 g/mol. The summed E-state index contributed by atoms with van der Waals surface area (Å²) >= 11 is 7.35. The molecule has 41 heavy (non-hydrogen) atoms. The first-order valence-electron chi connectivity index (χ1n) is 14.3. The van der Waals surface area contributed by atoms with Crippen molar-refractivity contribution < 1.29 is 29.6 Å². The van der Waals surface area contributed by atoms with Crippen molar-refractivity contribution in [3.05, 3.63) is 89.3 Å². The van der Waals surface area contributed by atoms with Gasteiger partial charge >= 0.3 is 11.9 Å². The van der Waals surface area contributed by atoms with E-state index in [0.717, 1.165) is 47.9 Å². The van der Waals surface area contributed by atoms with Crippen LogP contribution in [0.1, 0.15) is 113 Å². The number of ether oxygens (including phenoxy) is 1. The van der Waals surface area contributed by atoms with Gasteiger partial charge in [0, 0.05) is 16.7 Å². The maximum absolute atomic E-state index is 13.7. The highest BCUT2D eigenvalue weighted by Crippen LogP contribution is 2.57. The van der Waals surface area contributed by atoms with Crippen LogP contribution in [-0.2, 0) is 36.0 Å². The Bertz CT molecular complexity index is 1440. The van der Waals surface area contributed by atoms with E-state index in [1.807, 2.05) is 39.8 Å². The van der Waals surface area contributed by atoms with Crippen molar-refractivity contribution in [1.82, 2.24) is 0 Å². The van der Waals surface area contributed by atoms with Crippen LogP contribution in [0.3, 0.4) is 0 Å². The molecule has 0 bridgehead atoms. The molecule has 0 radical (unpaired) electrons. The molecule has 218 valence electrons. The predicted molar refractivity (Wildman–Crippen MR) is 166 cm³/mol. The van der Waals surface area contributed by atoms with Gasteiger partial charge in [0.05, 0.1) is 20.1 Å². The van der Waals surface area contributed by atoms with E-state index < -0.39 is 17.5 Å². The minimum Gasteiger partial charge on any atom is -0.506 e.